The summed E-state index contributed by atoms with van der Waals surface area (Å²) in [7, 11) is 0. The SMILES string of the molecule is CC1(C)CCC[C@]2(C)C(C=O)=C(C=O)CC[C@@H]12. The largest absolute Gasteiger partial charge is 0.298 e. The van der Waals surface area contributed by atoms with Crippen molar-refractivity contribution in [1.82, 2.24) is 0 Å². The Morgan fingerprint density at radius 2 is 1.82 bits per heavy atom. The molecule has 2 aliphatic carbocycles. The summed E-state index contributed by atoms with van der Waals surface area (Å²) in [6.07, 6.45) is 7.10. The van der Waals surface area contributed by atoms with E-state index >= 15 is 0 Å². The van der Waals surface area contributed by atoms with Crippen molar-refractivity contribution in [2.75, 3.05) is 0 Å². The van der Waals surface area contributed by atoms with Gasteiger partial charge in [-0.3, -0.25) is 9.59 Å². The van der Waals surface area contributed by atoms with Gasteiger partial charge in [0.25, 0.3) is 0 Å². The quantitative estimate of drug-likeness (QED) is 0.687. The lowest BCUT2D eigenvalue weighted by Gasteiger charge is -2.53. The van der Waals surface area contributed by atoms with Crippen molar-refractivity contribution in [3.8, 4) is 0 Å². The van der Waals surface area contributed by atoms with Crippen LogP contribution < -0.4 is 0 Å². The van der Waals surface area contributed by atoms with Gasteiger partial charge in [-0.15, -0.1) is 0 Å². The number of fused-ring (bicyclic) bond motifs is 1. The van der Waals surface area contributed by atoms with Crippen LogP contribution in [0.1, 0.15) is 52.9 Å². The van der Waals surface area contributed by atoms with E-state index in [1.807, 2.05) is 0 Å². The van der Waals surface area contributed by atoms with Crippen LogP contribution in [0, 0.1) is 16.7 Å². The molecule has 0 radical (unpaired) electrons. The highest BCUT2D eigenvalue weighted by Crippen LogP contribution is 2.58. The van der Waals surface area contributed by atoms with Crippen molar-refractivity contribution >= 4 is 12.6 Å². The first-order chi connectivity index (χ1) is 7.95. The summed E-state index contributed by atoms with van der Waals surface area (Å²) in [5.41, 5.74) is 1.75. The molecule has 0 aromatic heterocycles. The zero-order chi connectivity index (χ0) is 12.7. The molecule has 0 aromatic carbocycles. The molecule has 0 saturated heterocycles. The predicted octanol–water partition coefficient (Wildman–Crippen LogP) is 3.31. The van der Waals surface area contributed by atoms with Crippen LogP contribution in [0.2, 0.25) is 0 Å². The minimum Gasteiger partial charge on any atom is -0.298 e. The highest BCUT2D eigenvalue weighted by Gasteiger charge is 2.50. The number of rotatable bonds is 2. The smallest absolute Gasteiger partial charge is 0.146 e. The van der Waals surface area contributed by atoms with Gasteiger partial charge in [0.05, 0.1) is 0 Å². The first kappa shape index (κ1) is 12.5. The van der Waals surface area contributed by atoms with E-state index in [2.05, 4.69) is 20.8 Å². The van der Waals surface area contributed by atoms with Gasteiger partial charge >= 0.3 is 0 Å². The molecule has 0 heterocycles. The third-order valence-corrected chi connectivity index (χ3v) is 5.15. The fourth-order valence-electron chi connectivity index (χ4n) is 4.29. The van der Waals surface area contributed by atoms with Gasteiger partial charge in [0.1, 0.15) is 12.6 Å². The maximum absolute atomic E-state index is 11.4. The number of carbonyl (C=O) groups excluding carboxylic acids is 2. The standard InChI is InChI=1S/C15H22O2/c1-14(2)7-4-8-15(3)12(10-17)11(9-16)5-6-13(14)15/h9-10,13H,4-8H2,1-3H3/t13-,15+/m0/s1. The van der Waals surface area contributed by atoms with Crippen molar-refractivity contribution in [2.45, 2.75) is 52.9 Å². The summed E-state index contributed by atoms with van der Waals surface area (Å²) in [5, 5.41) is 0. The zero-order valence-electron chi connectivity index (χ0n) is 11.1. The van der Waals surface area contributed by atoms with Gasteiger partial charge < -0.3 is 0 Å². The molecular formula is C15H22O2. The predicted molar refractivity (Wildman–Crippen MR) is 67.6 cm³/mol. The molecule has 1 fully saturated rings. The van der Waals surface area contributed by atoms with E-state index in [4.69, 9.17) is 0 Å². The van der Waals surface area contributed by atoms with Crippen LogP contribution in [-0.4, -0.2) is 12.6 Å². The fraction of sp³-hybridized carbons (Fsp3) is 0.733. The van der Waals surface area contributed by atoms with E-state index in [0.29, 0.717) is 5.92 Å². The summed E-state index contributed by atoms with van der Waals surface area (Å²) in [6, 6.07) is 0. The average molecular weight is 234 g/mol. The molecule has 0 N–H and O–H groups in total. The van der Waals surface area contributed by atoms with Crippen LogP contribution in [-0.2, 0) is 9.59 Å². The summed E-state index contributed by atoms with van der Waals surface area (Å²) in [5.74, 6) is 0.535. The van der Waals surface area contributed by atoms with Gasteiger partial charge in [-0.1, -0.05) is 27.2 Å². The number of hydrogen-bond acceptors (Lipinski definition) is 2. The van der Waals surface area contributed by atoms with Crippen molar-refractivity contribution in [3.63, 3.8) is 0 Å². The molecule has 1 saturated carbocycles. The Morgan fingerprint density at radius 1 is 1.12 bits per heavy atom. The van der Waals surface area contributed by atoms with Crippen LogP contribution in [0.25, 0.3) is 0 Å². The van der Waals surface area contributed by atoms with E-state index in [-0.39, 0.29) is 10.8 Å². The second-order valence-corrected chi connectivity index (χ2v) is 6.53. The molecule has 2 nitrogen and oxygen atoms in total. The summed E-state index contributed by atoms with van der Waals surface area (Å²) < 4.78 is 0. The van der Waals surface area contributed by atoms with E-state index in [9.17, 15) is 9.59 Å². The minimum absolute atomic E-state index is 0.0714. The van der Waals surface area contributed by atoms with Gasteiger partial charge in [0.15, 0.2) is 0 Å². The van der Waals surface area contributed by atoms with Crippen molar-refractivity contribution in [1.29, 1.82) is 0 Å². The second kappa shape index (κ2) is 4.08. The molecule has 0 unspecified atom stereocenters. The molecule has 0 aliphatic heterocycles. The molecular weight excluding hydrogens is 212 g/mol. The lowest BCUT2D eigenvalue weighted by molar-refractivity contribution is -0.110. The fourth-order valence-corrected chi connectivity index (χ4v) is 4.29. The molecule has 2 heteroatoms. The Morgan fingerprint density at radius 3 is 2.41 bits per heavy atom. The molecule has 17 heavy (non-hydrogen) atoms. The van der Waals surface area contributed by atoms with Crippen LogP contribution >= 0.6 is 0 Å². The summed E-state index contributed by atoms with van der Waals surface area (Å²) in [6.45, 7) is 6.80. The average Bonchev–Trinajstić information content (AvgIpc) is 2.26. The number of carbonyl (C=O) groups is 2. The van der Waals surface area contributed by atoms with E-state index in [0.717, 1.165) is 49.4 Å². The first-order valence-electron chi connectivity index (χ1n) is 6.60. The first-order valence-corrected chi connectivity index (χ1v) is 6.60. The van der Waals surface area contributed by atoms with Crippen LogP contribution in [0.4, 0.5) is 0 Å². The Bertz CT molecular complexity index is 378. The van der Waals surface area contributed by atoms with E-state index in [1.54, 1.807) is 0 Å². The van der Waals surface area contributed by atoms with Crippen molar-refractivity contribution < 1.29 is 9.59 Å². The Balaban J connectivity index is 2.50. The highest BCUT2D eigenvalue weighted by atomic mass is 16.1. The molecule has 2 atom stereocenters. The number of hydrogen-bond donors (Lipinski definition) is 0. The van der Waals surface area contributed by atoms with Crippen LogP contribution in [0.5, 0.6) is 0 Å². The molecule has 94 valence electrons. The van der Waals surface area contributed by atoms with Gasteiger partial charge in [-0.05, 0) is 48.0 Å². The van der Waals surface area contributed by atoms with E-state index < -0.39 is 0 Å². The monoisotopic (exact) mass is 234 g/mol. The molecule has 2 rings (SSSR count). The van der Waals surface area contributed by atoms with Crippen LogP contribution in [0.3, 0.4) is 0 Å². The lowest BCUT2D eigenvalue weighted by atomic mass is 9.50. The molecule has 0 spiro atoms. The Kier molecular flexibility index (Phi) is 3.01. The summed E-state index contributed by atoms with van der Waals surface area (Å²) in [4.78, 5) is 22.5. The minimum atomic E-state index is -0.0714. The lowest BCUT2D eigenvalue weighted by Crippen LogP contribution is -2.46. The van der Waals surface area contributed by atoms with Gasteiger partial charge in [-0.25, -0.2) is 0 Å². The summed E-state index contributed by atoms with van der Waals surface area (Å²) >= 11 is 0. The van der Waals surface area contributed by atoms with Gasteiger partial charge in [0.2, 0.25) is 0 Å². The van der Waals surface area contributed by atoms with Crippen molar-refractivity contribution in [2.24, 2.45) is 16.7 Å². The third-order valence-electron chi connectivity index (χ3n) is 5.15. The topological polar surface area (TPSA) is 34.1 Å². The Hall–Kier alpha value is -0.920. The van der Waals surface area contributed by atoms with Crippen LogP contribution in [0.15, 0.2) is 11.1 Å². The molecule has 0 aromatic rings. The highest BCUT2D eigenvalue weighted by molar-refractivity contribution is 5.88. The maximum atomic E-state index is 11.4. The molecule has 0 bridgehead atoms. The van der Waals surface area contributed by atoms with Crippen molar-refractivity contribution in [3.05, 3.63) is 11.1 Å². The Labute approximate surface area is 103 Å². The number of aldehydes is 2. The van der Waals surface area contributed by atoms with Gasteiger partial charge in [-0.2, -0.15) is 0 Å². The molecule has 2 aliphatic rings. The molecule has 0 amide bonds. The number of allylic oxidation sites excluding steroid dienone is 2. The normalized spacial score (nSPS) is 36.3. The second-order valence-electron chi connectivity index (χ2n) is 6.53. The maximum Gasteiger partial charge on any atom is 0.146 e. The van der Waals surface area contributed by atoms with E-state index in [1.165, 1.54) is 6.42 Å². The van der Waals surface area contributed by atoms with Gasteiger partial charge in [0, 0.05) is 5.57 Å². The third kappa shape index (κ3) is 1.78. The zero-order valence-corrected chi connectivity index (χ0v) is 11.1.